The molecule has 18 heavy (non-hydrogen) atoms. The third-order valence-electron chi connectivity index (χ3n) is 3.52. The van der Waals surface area contributed by atoms with E-state index in [2.05, 4.69) is 62.8 Å². The summed E-state index contributed by atoms with van der Waals surface area (Å²) in [5.41, 5.74) is 2.77. The van der Waals surface area contributed by atoms with Crippen LogP contribution < -0.4 is 5.32 Å². The molecule has 0 amide bonds. The molecule has 0 unspecified atom stereocenters. The molecule has 1 aromatic heterocycles. The lowest BCUT2D eigenvalue weighted by Gasteiger charge is -2.43. The molecule has 1 fully saturated rings. The number of hydrogen-bond acceptors (Lipinski definition) is 3. The van der Waals surface area contributed by atoms with Gasteiger partial charge in [-0.1, -0.05) is 28.1 Å². The van der Waals surface area contributed by atoms with E-state index in [9.17, 15) is 0 Å². The Morgan fingerprint density at radius 3 is 2.83 bits per heavy atom. The SMILES string of the molecule is Cc1csc(CC2(c3cccc(Br)c3)CNC2)n1. The Morgan fingerprint density at radius 2 is 2.28 bits per heavy atom. The molecule has 1 N–H and O–H groups in total. The van der Waals surface area contributed by atoms with Crippen LogP contribution in [0, 0.1) is 6.92 Å². The lowest BCUT2D eigenvalue weighted by molar-refractivity contribution is 0.274. The summed E-state index contributed by atoms with van der Waals surface area (Å²) in [6, 6.07) is 8.66. The Bertz CT molecular complexity index is 560. The largest absolute Gasteiger partial charge is 0.315 e. The molecule has 3 rings (SSSR count). The normalized spacial score (nSPS) is 17.4. The second-order valence-corrected chi connectivity index (χ2v) is 6.81. The van der Waals surface area contributed by atoms with Crippen molar-refractivity contribution in [2.24, 2.45) is 0 Å². The number of rotatable bonds is 3. The number of nitrogens with zero attached hydrogens (tertiary/aromatic N) is 1. The minimum atomic E-state index is 0.230. The van der Waals surface area contributed by atoms with Crippen molar-refractivity contribution in [3.05, 3.63) is 50.4 Å². The van der Waals surface area contributed by atoms with Gasteiger partial charge in [0, 0.05) is 40.5 Å². The highest BCUT2D eigenvalue weighted by Crippen LogP contribution is 2.34. The zero-order valence-corrected chi connectivity index (χ0v) is 12.6. The number of benzene rings is 1. The molecule has 1 saturated heterocycles. The van der Waals surface area contributed by atoms with Gasteiger partial charge in [-0.2, -0.15) is 0 Å². The molecule has 94 valence electrons. The fourth-order valence-corrected chi connectivity index (χ4v) is 3.76. The summed E-state index contributed by atoms with van der Waals surface area (Å²) < 4.78 is 1.15. The molecule has 0 radical (unpaired) electrons. The Hall–Kier alpha value is -0.710. The maximum atomic E-state index is 4.60. The van der Waals surface area contributed by atoms with E-state index in [0.29, 0.717) is 0 Å². The number of aryl methyl sites for hydroxylation is 1. The standard InChI is InChI=1S/C14H15BrN2S/c1-10-7-18-13(17-10)6-14(8-16-9-14)11-3-2-4-12(15)5-11/h2-5,7,16H,6,8-9H2,1H3. The number of aromatic nitrogens is 1. The lowest BCUT2D eigenvalue weighted by Crippen LogP contribution is -2.58. The van der Waals surface area contributed by atoms with E-state index >= 15 is 0 Å². The second kappa shape index (κ2) is 4.76. The number of nitrogens with one attached hydrogen (secondary N) is 1. The molecule has 1 aliphatic heterocycles. The van der Waals surface area contributed by atoms with Gasteiger partial charge in [0.2, 0.25) is 0 Å². The van der Waals surface area contributed by atoms with Crippen LogP contribution in [-0.2, 0) is 11.8 Å². The third kappa shape index (κ3) is 2.25. The minimum absolute atomic E-state index is 0.230. The van der Waals surface area contributed by atoms with Gasteiger partial charge >= 0.3 is 0 Å². The van der Waals surface area contributed by atoms with Crippen LogP contribution in [0.5, 0.6) is 0 Å². The fourth-order valence-electron chi connectivity index (χ4n) is 2.45. The van der Waals surface area contributed by atoms with Crippen molar-refractivity contribution in [1.82, 2.24) is 10.3 Å². The van der Waals surface area contributed by atoms with E-state index in [0.717, 1.165) is 29.7 Å². The van der Waals surface area contributed by atoms with Crippen molar-refractivity contribution in [3.63, 3.8) is 0 Å². The predicted octanol–water partition coefficient (Wildman–Crippen LogP) is 3.30. The smallest absolute Gasteiger partial charge is 0.0938 e. The summed E-state index contributed by atoms with van der Waals surface area (Å²) in [7, 11) is 0. The first-order valence-corrected chi connectivity index (χ1v) is 7.73. The molecule has 0 aliphatic carbocycles. The molecule has 2 aromatic rings. The molecule has 4 heteroatoms. The van der Waals surface area contributed by atoms with Crippen LogP contribution in [0.25, 0.3) is 0 Å². The third-order valence-corrected chi connectivity index (χ3v) is 4.98. The molecular weight excluding hydrogens is 308 g/mol. The first-order valence-electron chi connectivity index (χ1n) is 6.06. The first-order chi connectivity index (χ1) is 8.68. The van der Waals surface area contributed by atoms with E-state index in [-0.39, 0.29) is 5.41 Å². The average Bonchev–Trinajstić information content (AvgIpc) is 2.69. The molecule has 0 spiro atoms. The Morgan fingerprint density at radius 1 is 1.44 bits per heavy atom. The van der Waals surface area contributed by atoms with E-state index in [4.69, 9.17) is 0 Å². The second-order valence-electron chi connectivity index (χ2n) is 4.95. The van der Waals surface area contributed by atoms with Gasteiger partial charge < -0.3 is 5.32 Å². The summed E-state index contributed by atoms with van der Waals surface area (Å²) in [6.07, 6.45) is 1.04. The van der Waals surface area contributed by atoms with Crippen LogP contribution in [0.1, 0.15) is 16.3 Å². The van der Waals surface area contributed by atoms with Gasteiger partial charge in [0.1, 0.15) is 0 Å². The summed E-state index contributed by atoms with van der Waals surface area (Å²) in [6.45, 7) is 4.15. The molecule has 1 aromatic carbocycles. The van der Waals surface area contributed by atoms with Crippen molar-refractivity contribution in [3.8, 4) is 0 Å². The molecule has 0 bridgehead atoms. The molecule has 1 aliphatic rings. The van der Waals surface area contributed by atoms with E-state index in [1.807, 2.05) is 0 Å². The van der Waals surface area contributed by atoms with Gasteiger partial charge in [-0.15, -0.1) is 11.3 Å². The van der Waals surface area contributed by atoms with E-state index < -0.39 is 0 Å². The highest BCUT2D eigenvalue weighted by Gasteiger charge is 2.39. The van der Waals surface area contributed by atoms with Crippen molar-refractivity contribution < 1.29 is 0 Å². The van der Waals surface area contributed by atoms with Gasteiger partial charge in [-0.3, -0.25) is 0 Å². The van der Waals surface area contributed by atoms with Gasteiger partial charge in [0.15, 0.2) is 0 Å². The maximum Gasteiger partial charge on any atom is 0.0938 e. The lowest BCUT2D eigenvalue weighted by atomic mass is 9.73. The monoisotopic (exact) mass is 322 g/mol. The van der Waals surface area contributed by atoms with Gasteiger partial charge in [0.05, 0.1) is 5.01 Å². The Labute approximate surface area is 120 Å². The van der Waals surface area contributed by atoms with E-state index in [1.165, 1.54) is 10.6 Å². The predicted molar refractivity (Wildman–Crippen MR) is 79.2 cm³/mol. The highest BCUT2D eigenvalue weighted by molar-refractivity contribution is 9.10. The fraction of sp³-hybridized carbons (Fsp3) is 0.357. The van der Waals surface area contributed by atoms with Crippen molar-refractivity contribution in [2.45, 2.75) is 18.8 Å². The molecular formula is C14H15BrN2S. The minimum Gasteiger partial charge on any atom is -0.315 e. The van der Waals surface area contributed by atoms with Gasteiger partial charge in [-0.05, 0) is 24.6 Å². The Kier molecular flexibility index (Phi) is 3.26. The van der Waals surface area contributed by atoms with Crippen LogP contribution >= 0.6 is 27.3 Å². The molecule has 0 atom stereocenters. The summed E-state index contributed by atoms with van der Waals surface area (Å²) >= 11 is 5.34. The summed E-state index contributed by atoms with van der Waals surface area (Å²) in [4.78, 5) is 4.60. The van der Waals surface area contributed by atoms with Crippen molar-refractivity contribution in [1.29, 1.82) is 0 Å². The van der Waals surface area contributed by atoms with Crippen LogP contribution in [0.15, 0.2) is 34.1 Å². The number of halogens is 1. The van der Waals surface area contributed by atoms with Crippen LogP contribution in [0.3, 0.4) is 0 Å². The van der Waals surface area contributed by atoms with Crippen LogP contribution in [0.2, 0.25) is 0 Å². The molecule has 2 nitrogen and oxygen atoms in total. The number of thiazole rings is 1. The Balaban J connectivity index is 1.90. The highest BCUT2D eigenvalue weighted by atomic mass is 79.9. The topological polar surface area (TPSA) is 24.9 Å². The average molecular weight is 323 g/mol. The van der Waals surface area contributed by atoms with E-state index in [1.54, 1.807) is 11.3 Å². The van der Waals surface area contributed by atoms with Crippen molar-refractivity contribution >= 4 is 27.3 Å². The van der Waals surface area contributed by atoms with Crippen LogP contribution in [-0.4, -0.2) is 18.1 Å². The van der Waals surface area contributed by atoms with Gasteiger partial charge in [-0.25, -0.2) is 4.98 Å². The van der Waals surface area contributed by atoms with Gasteiger partial charge in [0.25, 0.3) is 0 Å². The maximum absolute atomic E-state index is 4.60. The number of hydrogen-bond donors (Lipinski definition) is 1. The first kappa shape index (κ1) is 12.3. The summed E-state index contributed by atoms with van der Waals surface area (Å²) in [5, 5.41) is 6.79. The van der Waals surface area contributed by atoms with Crippen LogP contribution in [0.4, 0.5) is 0 Å². The molecule has 0 saturated carbocycles. The molecule has 2 heterocycles. The summed E-state index contributed by atoms with van der Waals surface area (Å²) in [5.74, 6) is 0. The quantitative estimate of drug-likeness (QED) is 0.937. The zero-order valence-electron chi connectivity index (χ0n) is 10.2. The van der Waals surface area contributed by atoms with Crippen molar-refractivity contribution in [2.75, 3.05) is 13.1 Å². The zero-order chi connectivity index (χ0) is 12.6.